The molecule has 0 spiro atoms. The van der Waals surface area contributed by atoms with Crippen molar-refractivity contribution in [3.05, 3.63) is 212 Å². The van der Waals surface area contributed by atoms with Crippen LogP contribution >= 0.6 is 0 Å². The molecule has 0 aliphatic heterocycles. The van der Waals surface area contributed by atoms with Gasteiger partial charge in [-0.05, 0) is 102 Å². The van der Waals surface area contributed by atoms with Gasteiger partial charge in [0.2, 0.25) is 0 Å². The lowest BCUT2D eigenvalue weighted by molar-refractivity contribution is 1.08. The Morgan fingerprint density at radius 2 is 0.864 bits per heavy atom. The van der Waals surface area contributed by atoms with E-state index in [0.29, 0.717) is 0 Å². The van der Waals surface area contributed by atoms with Gasteiger partial charge in [0.1, 0.15) is 5.69 Å². The minimum atomic E-state index is 0.801. The molecule has 0 unspecified atom stereocenters. The van der Waals surface area contributed by atoms with Crippen LogP contribution < -0.4 is 0 Å². The maximum Gasteiger partial charge on any atom is 0.165 e. The molecule has 3 heteroatoms. The Morgan fingerprint density at radius 1 is 0.305 bits per heavy atom. The van der Waals surface area contributed by atoms with Gasteiger partial charge in [-0.2, -0.15) is 0 Å². The summed E-state index contributed by atoms with van der Waals surface area (Å²) in [6.45, 7) is 0. The molecular weight excluding hydrogens is 715 g/mol. The van der Waals surface area contributed by atoms with Crippen molar-refractivity contribution in [2.75, 3.05) is 0 Å². The van der Waals surface area contributed by atoms with Crippen LogP contribution in [-0.2, 0) is 0 Å². The van der Waals surface area contributed by atoms with Gasteiger partial charge in [-0.3, -0.25) is 4.57 Å². The van der Waals surface area contributed by atoms with Crippen molar-refractivity contribution in [1.82, 2.24) is 14.5 Å². The van der Waals surface area contributed by atoms with Crippen molar-refractivity contribution in [2.45, 2.75) is 0 Å². The fraction of sp³-hybridized carbons (Fsp3) is 0. The summed E-state index contributed by atoms with van der Waals surface area (Å²) >= 11 is 0. The largest absolute Gasteiger partial charge is 0.292 e. The Morgan fingerprint density at radius 3 is 1.68 bits per heavy atom. The first-order valence-corrected chi connectivity index (χ1v) is 20.2. The van der Waals surface area contributed by atoms with Crippen LogP contribution in [0, 0.1) is 0 Å². The van der Waals surface area contributed by atoms with E-state index in [2.05, 4.69) is 205 Å². The summed E-state index contributed by atoms with van der Waals surface area (Å²) < 4.78 is 2.38. The highest BCUT2D eigenvalue weighted by atomic mass is 15.1. The SMILES string of the molecule is c1ccc(-c2ccc(-c3cccc(-c4nc5ccccc5nc4-n4c5ccc6ccccc6c5c5c6ccccc6c(-c6ccc7ccccc7c6)cc54)c3)cc2)cc1. The van der Waals surface area contributed by atoms with Crippen LogP contribution in [0.15, 0.2) is 212 Å². The molecule has 2 aromatic heterocycles. The Hall–Kier alpha value is -7.88. The smallest absolute Gasteiger partial charge is 0.165 e. The summed E-state index contributed by atoms with van der Waals surface area (Å²) in [5.74, 6) is 0.801. The van der Waals surface area contributed by atoms with Crippen LogP contribution in [0.5, 0.6) is 0 Å². The number of para-hydroxylation sites is 2. The zero-order valence-corrected chi connectivity index (χ0v) is 32.0. The summed E-state index contributed by atoms with van der Waals surface area (Å²) in [6, 6.07) is 76.3. The van der Waals surface area contributed by atoms with Crippen molar-refractivity contribution >= 4 is 65.2 Å². The van der Waals surface area contributed by atoms with Crippen molar-refractivity contribution in [2.24, 2.45) is 0 Å². The lowest BCUT2D eigenvalue weighted by Crippen LogP contribution is -2.04. The second-order valence-electron chi connectivity index (χ2n) is 15.4. The molecule has 59 heavy (non-hydrogen) atoms. The molecule has 0 fully saturated rings. The van der Waals surface area contributed by atoms with Crippen LogP contribution in [0.4, 0.5) is 0 Å². The maximum absolute atomic E-state index is 5.55. The molecule has 0 amide bonds. The minimum absolute atomic E-state index is 0.801. The van der Waals surface area contributed by atoms with Gasteiger partial charge >= 0.3 is 0 Å². The second kappa shape index (κ2) is 13.4. The van der Waals surface area contributed by atoms with Crippen LogP contribution in [0.2, 0.25) is 0 Å². The number of aromatic nitrogens is 3. The molecule has 10 aromatic carbocycles. The van der Waals surface area contributed by atoms with Crippen molar-refractivity contribution in [1.29, 1.82) is 0 Å². The van der Waals surface area contributed by atoms with Crippen LogP contribution in [-0.4, -0.2) is 14.5 Å². The summed E-state index contributed by atoms with van der Waals surface area (Å²) in [5, 5.41) is 9.73. The predicted octanol–water partition coefficient (Wildman–Crippen LogP) is 14.9. The average Bonchev–Trinajstić information content (AvgIpc) is 3.66. The van der Waals surface area contributed by atoms with E-state index >= 15 is 0 Å². The van der Waals surface area contributed by atoms with E-state index in [-0.39, 0.29) is 0 Å². The third-order valence-corrected chi connectivity index (χ3v) is 11.9. The van der Waals surface area contributed by atoms with Crippen LogP contribution in [0.1, 0.15) is 0 Å². The Bertz CT molecular complexity index is 3600. The molecule has 0 N–H and O–H groups in total. The molecule has 12 rings (SSSR count). The summed E-state index contributed by atoms with van der Waals surface area (Å²) in [6.07, 6.45) is 0. The first kappa shape index (κ1) is 33.3. The Balaban J connectivity index is 1.16. The van der Waals surface area contributed by atoms with Crippen molar-refractivity contribution < 1.29 is 0 Å². The molecule has 0 atom stereocenters. The molecule has 0 radical (unpaired) electrons. The monoisotopic (exact) mass is 749 g/mol. The molecule has 0 bridgehead atoms. The third kappa shape index (κ3) is 5.44. The highest BCUT2D eigenvalue weighted by Gasteiger charge is 2.23. The van der Waals surface area contributed by atoms with Gasteiger partial charge in [-0.1, -0.05) is 176 Å². The minimum Gasteiger partial charge on any atom is -0.292 e. The third-order valence-electron chi connectivity index (χ3n) is 11.9. The number of hydrogen-bond donors (Lipinski definition) is 0. The number of benzene rings is 10. The van der Waals surface area contributed by atoms with Gasteiger partial charge < -0.3 is 0 Å². The van der Waals surface area contributed by atoms with E-state index in [1.54, 1.807) is 0 Å². The number of fused-ring (bicyclic) bond motifs is 9. The highest BCUT2D eigenvalue weighted by Crippen LogP contribution is 2.45. The highest BCUT2D eigenvalue weighted by molar-refractivity contribution is 6.30. The summed E-state index contributed by atoms with van der Waals surface area (Å²) in [7, 11) is 0. The van der Waals surface area contributed by atoms with Crippen LogP contribution in [0.25, 0.3) is 116 Å². The zero-order chi connectivity index (χ0) is 38.9. The molecular formula is C56H35N3. The topological polar surface area (TPSA) is 30.7 Å². The normalized spacial score (nSPS) is 11.7. The van der Waals surface area contributed by atoms with Gasteiger partial charge in [-0.15, -0.1) is 0 Å². The number of hydrogen-bond acceptors (Lipinski definition) is 2. The molecule has 2 heterocycles. The summed E-state index contributed by atoms with van der Waals surface area (Å²) in [4.78, 5) is 11.0. The van der Waals surface area contributed by atoms with Gasteiger partial charge in [0, 0.05) is 16.3 Å². The quantitative estimate of drug-likeness (QED) is 0.175. The van der Waals surface area contributed by atoms with E-state index in [9.17, 15) is 0 Å². The van der Waals surface area contributed by atoms with E-state index in [1.165, 1.54) is 65.3 Å². The second-order valence-corrected chi connectivity index (χ2v) is 15.4. The number of nitrogens with zero attached hydrogens (tertiary/aromatic N) is 3. The molecule has 3 nitrogen and oxygen atoms in total. The van der Waals surface area contributed by atoms with E-state index in [4.69, 9.17) is 9.97 Å². The average molecular weight is 750 g/mol. The predicted molar refractivity (Wildman–Crippen MR) is 248 cm³/mol. The molecule has 274 valence electrons. The molecule has 0 saturated carbocycles. The molecule has 0 saturated heterocycles. The fourth-order valence-electron chi connectivity index (χ4n) is 9.13. The van der Waals surface area contributed by atoms with Crippen molar-refractivity contribution in [3.8, 4) is 50.5 Å². The Kier molecular flexibility index (Phi) is 7.54. The van der Waals surface area contributed by atoms with Crippen LogP contribution in [0.3, 0.4) is 0 Å². The molecule has 0 aliphatic carbocycles. The first-order chi connectivity index (χ1) is 29.2. The lowest BCUT2D eigenvalue weighted by Gasteiger charge is -2.16. The lowest BCUT2D eigenvalue weighted by atomic mass is 9.93. The van der Waals surface area contributed by atoms with Crippen molar-refractivity contribution in [3.63, 3.8) is 0 Å². The number of rotatable bonds is 5. The van der Waals surface area contributed by atoms with E-state index in [0.717, 1.165) is 50.3 Å². The van der Waals surface area contributed by atoms with Gasteiger partial charge in [-0.25, -0.2) is 9.97 Å². The summed E-state index contributed by atoms with van der Waals surface area (Å²) in [5.41, 5.74) is 12.8. The van der Waals surface area contributed by atoms with Gasteiger partial charge in [0.25, 0.3) is 0 Å². The molecule has 12 aromatic rings. The first-order valence-electron chi connectivity index (χ1n) is 20.2. The maximum atomic E-state index is 5.55. The Labute approximate surface area is 341 Å². The van der Waals surface area contributed by atoms with E-state index < -0.39 is 0 Å². The van der Waals surface area contributed by atoms with E-state index in [1.807, 2.05) is 12.1 Å². The zero-order valence-electron chi connectivity index (χ0n) is 32.0. The van der Waals surface area contributed by atoms with Gasteiger partial charge in [0.05, 0.1) is 22.1 Å². The fourth-order valence-corrected chi connectivity index (χ4v) is 9.13. The standard InChI is InChI=1S/C56H35N3/c1-2-13-36(14-3-1)38-25-27-39(28-26-38)42-18-12-19-44(34-42)55-56(58-50-24-11-10-23-49(50)57-55)59-51-32-31-40-16-6-7-20-45(40)53(51)54-47-22-9-8-21-46(47)48(35-52(54)59)43-30-29-37-15-4-5-17-41(37)33-43/h1-35H. The molecule has 0 aliphatic rings. The van der Waals surface area contributed by atoms with Gasteiger partial charge in [0.15, 0.2) is 5.82 Å².